The molecule has 4 nitrogen and oxygen atoms in total. The van der Waals surface area contributed by atoms with Crippen molar-refractivity contribution in [2.75, 3.05) is 13.7 Å². The number of hydrogen-bond donors (Lipinski definition) is 1. The molecule has 0 saturated carbocycles. The van der Waals surface area contributed by atoms with E-state index >= 15 is 0 Å². The summed E-state index contributed by atoms with van der Waals surface area (Å²) in [5.74, 6) is 0.892. The minimum atomic E-state index is 0.0221. The Morgan fingerprint density at radius 3 is 2.57 bits per heavy atom. The van der Waals surface area contributed by atoms with Gasteiger partial charge >= 0.3 is 0 Å². The Hall–Kier alpha value is -2.07. The lowest BCUT2D eigenvalue weighted by atomic mass is 10.0. The lowest BCUT2D eigenvalue weighted by molar-refractivity contribution is 0.335. The minimum absolute atomic E-state index is 0.0221. The van der Waals surface area contributed by atoms with Crippen LogP contribution in [-0.4, -0.2) is 18.2 Å². The highest BCUT2D eigenvalue weighted by Gasteiger charge is 2.09. The number of rotatable bonds is 6. The van der Waals surface area contributed by atoms with Gasteiger partial charge in [-0.15, -0.1) is 0 Å². The van der Waals surface area contributed by atoms with Crippen molar-refractivity contribution in [2.45, 2.75) is 26.4 Å². The van der Waals surface area contributed by atoms with Gasteiger partial charge in [0, 0.05) is 36.1 Å². The molecule has 4 heteroatoms. The molecular formula is C17H22N2O2. The van der Waals surface area contributed by atoms with Gasteiger partial charge in [0.05, 0.1) is 13.2 Å². The van der Waals surface area contributed by atoms with Gasteiger partial charge in [-0.25, -0.2) is 0 Å². The van der Waals surface area contributed by atoms with Gasteiger partial charge in [0.25, 0.3) is 0 Å². The third kappa shape index (κ3) is 3.95. The Bertz CT molecular complexity index is 629. The lowest BCUT2D eigenvalue weighted by Gasteiger charge is -2.16. The Morgan fingerprint density at radius 1 is 1.24 bits per heavy atom. The van der Waals surface area contributed by atoms with Gasteiger partial charge in [0.15, 0.2) is 5.43 Å². The van der Waals surface area contributed by atoms with Crippen LogP contribution in [0.5, 0.6) is 5.75 Å². The van der Waals surface area contributed by atoms with Crippen LogP contribution < -0.4 is 15.5 Å². The van der Waals surface area contributed by atoms with Crippen molar-refractivity contribution >= 4 is 0 Å². The number of nitrogens with one attached hydrogen (secondary N) is 1. The van der Waals surface area contributed by atoms with E-state index in [0.29, 0.717) is 13.2 Å². The first-order chi connectivity index (χ1) is 10.1. The summed E-state index contributed by atoms with van der Waals surface area (Å²) < 4.78 is 7.69. The minimum Gasteiger partial charge on any atom is -0.494 e. The highest BCUT2D eigenvalue weighted by molar-refractivity contribution is 5.38. The first kappa shape index (κ1) is 15.3. The zero-order chi connectivity index (χ0) is 15.2. The average Bonchev–Trinajstić information content (AvgIpc) is 2.50. The van der Waals surface area contributed by atoms with Crippen molar-refractivity contribution in [3.63, 3.8) is 0 Å². The summed E-state index contributed by atoms with van der Waals surface area (Å²) in [5.41, 5.74) is 2.35. The molecule has 2 rings (SSSR count). The Morgan fingerprint density at radius 2 is 1.95 bits per heavy atom. The summed E-state index contributed by atoms with van der Waals surface area (Å²) in [4.78, 5) is 11.2. The molecule has 0 aliphatic heterocycles. The second-order valence-electron chi connectivity index (χ2n) is 5.02. The molecule has 0 fully saturated rings. The van der Waals surface area contributed by atoms with Crippen molar-refractivity contribution < 1.29 is 4.74 Å². The molecule has 0 amide bonds. The number of benzene rings is 1. The number of hydrogen-bond acceptors (Lipinski definition) is 3. The topological polar surface area (TPSA) is 43.3 Å². The average molecular weight is 286 g/mol. The second kappa shape index (κ2) is 7.09. The SMILES string of the molecule is CCOc1ccc(C(C)NC)cc1Cn1ccc(=O)cc1. The summed E-state index contributed by atoms with van der Waals surface area (Å²) in [7, 11) is 1.95. The summed E-state index contributed by atoms with van der Waals surface area (Å²) in [5, 5.41) is 3.24. The van der Waals surface area contributed by atoms with Gasteiger partial charge in [0.2, 0.25) is 0 Å². The van der Waals surface area contributed by atoms with Gasteiger partial charge in [-0.05, 0) is 38.6 Å². The number of nitrogens with zero attached hydrogens (tertiary/aromatic N) is 1. The quantitative estimate of drug-likeness (QED) is 0.887. The number of ether oxygens (including phenoxy) is 1. The normalized spacial score (nSPS) is 12.1. The highest BCUT2D eigenvalue weighted by atomic mass is 16.5. The standard InChI is InChI=1S/C17H22N2O2/c1-4-21-17-6-5-14(13(2)18-3)11-15(17)12-19-9-7-16(20)8-10-19/h5-11,13,18H,4,12H2,1-3H3. The predicted octanol–water partition coefficient (Wildman–Crippen LogP) is 2.58. The van der Waals surface area contributed by atoms with Crippen LogP contribution in [0.15, 0.2) is 47.5 Å². The monoisotopic (exact) mass is 286 g/mol. The molecule has 0 bridgehead atoms. The summed E-state index contributed by atoms with van der Waals surface area (Å²) in [6.07, 6.45) is 3.60. The first-order valence-electron chi connectivity index (χ1n) is 7.23. The van der Waals surface area contributed by atoms with E-state index in [0.717, 1.165) is 11.3 Å². The van der Waals surface area contributed by atoms with Gasteiger partial charge < -0.3 is 14.6 Å². The molecule has 112 valence electrons. The largest absolute Gasteiger partial charge is 0.494 e. The van der Waals surface area contributed by atoms with Crippen molar-refractivity contribution in [1.82, 2.24) is 9.88 Å². The maximum Gasteiger partial charge on any atom is 0.181 e. The fourth-order valence-corrected chi connectivity index (χ4v) is 2.20. The zero-order valence-corrected chi connectivity index (χ0v) is 12.8. The van der Waals surface area contributed by atoms with E-state index in [9.17, 15) is 4.79 Å². The highest BCUT2D eigenvalue weighted by Crippen LogP contribution is 2.24. The van der Waals surface area contributed by atoms with Gasteiger partial charge in [0.1, 0.15) is 5.75 Å². The second-order valence-corrected chi connectivity index (χ2v) is 5.02. The molecule has 21 heavy (non-hydrogen) atoms. The number of pyridine rings is 1. The molecule has 1 aromatic carbocycles. The van der Waals surface area contributed by atoms with Crippen LogP contribution in [0.3, 0.4) is 0 Å². The molecule has 1 aromatic heterocycles. The molecule has 1 unspecified atom stereocenters. The smallest absolute Gasteiger partial charge is 0.181 e. The molecule has 1 atom stereocenters. The molecule has 0 aliphatic rings. The fraction of sp³-hybridized carbons (Fsp3) is 0.353. The van der Waals surface area contributed by atoms with Gasteiger partial charge in [-0.1, -0.05) is 6.07 Å². The molecule has 0 spiro atoms. The molecule has 0 aliphatic carbocycles. The van der Waals surface area contributed by atoms with E-state index in [4.69, 9.17) is 4.74 Å². The third-order valence-electron chi connectivity index (χ3n) is 3.53. The van der Waals surface area contributed by atoms with Crippen LogP contribution in [0.4, 0.5) is 0 Å². The summed E-state index contributed by atoms with van der Waals surface area (Å²) in [6, 6.07) is 9.69. The molecule has 1 heterocycles. The van der Waals surface area contributed by atoms with Crippen molar-refractivity contribution in [3.8, 4) is 5.75 Å². The van der Waals surface area contributed by atoms with Gasteiger partial charge in [-0.3, -0.25) is 4.79 Å². The van der Waals surface area contributed by atoms with Crippen LogP contribution in [0.25, 0.3) is 0 Å². The predicted molar refractivity (Wildman–Crippen MR) is 84.9 cm³/mol. The Balaban J connectivity index is 2.33. The zero-order valence-electron chi connectivity index (χ0n) is 12.8. The maximum atomic E-state index is 11.2. The van der Waals surface area contributed by atoms with E-state index in [-0.39, 0.29) is 11.5 Å². The fourth-order valence-electron chi connectivity index (χ4n) is 2.20. The molecule has 0 radical (unpaired) electrons. The van der Waals surface area contributed by atoms with Crippen molar-refractivity contribution in [1.29, 1.82) is 0 Å². The van der Waals surface area contributed by atoms with Crippen LogP contribution in [-0.2, 0) is 6.54 Å². The van der Waals surface area contributed by atoms with E-state index < -0.39 is 0 Å². The molecule has 0 saturated heterocycles. The molecule has 2 aromatic rings. The lowest BCUT2D eigenvalue weighted by Crippen LogP contribution is -2.13. The Kier molecular flexibility index (Phi) is 5.17. The third-order valence-corrected chi connectivity index (χ3v) is 3.53. The van der Waals surface area contributed by atoms with E-state index in [1.54, 1.807) is 24.5 Å². The van der Waals surface area contributed by atoms with Crippen LogP contribution in [0, 0.1) is 0 Å². The summed E-state index contributed by atoms with van der Waals surface area (Å²) in [6.45, 7) is 5.42. The summed E-state index contributed by atoms with van der Waals surface area (Å²) >= 11 is 0. The van der Waals surface area contributed by atoms with Crippen molar-refractivity contribution in [3.05, 3.63) is 64.1 Å². The van der Waals surface area contributed by atoms with Crippen LogP contribution in [0.1, 0.15) is 31.0 Å². The van der Waals surface area contributed by atoms with Crippen molar-refractivity contribution in [2.24, 2.45) is 0 Å². The van der Waals surface area contributed by atoms with Crippen LogP contribution >= 0.6 is 0 Å². The molecular weight excluding hydrogens is 264 g/mol. The first-order valence-corrected chi connectivity index (χ1v) is 7.23. The maximum absolute atomic E-state index is 11.2. The number of aromatic nitrogens is 1. The van der Waals surface area contributed by atoms with E-state index in [1.165, 1.54) is 5.56 Å². The van der Waals surface area contributed by atoms with E-state index in [2.05, 4.69) is 24.4 Å². The van der Waals surface area contributed by atoms with Crippen LogP contribution in [0.2, 0.25) is 0 Å². The molecule has 1 N–H and O–H groups in total. The van der Waals surface area contributed by atoms with Gasteiger partial charge in [-0.2, -0.15) is 0 Å². The Labute approximate surface area is 125 Å². The van der Waals surface area contributed by atoms with E-state index in [1.807, 2.05) is 24.6 Å².